The van der Waals surface area contributed by atoms with Gasteiger partial charge in [-0.15, -0.1) is 13.2 Å². The number of alkyl halides is 3. The molecule has 2 aromatic carbocycles. The van der Waals surface area contributed by atoms with Gasteiger partial charge in [-0.1, -0.05) is 24.3 Å². The first-order chi connectivity index (χ1) is 15.3. The number of pyridine rings is 1. The maximum absolute atomic E-state index is 12.3. The number of nitrogens with two attached hydrogens (primary N) is 1. The lowest BCUT2D eigenvalue weighted by molar-refractivity contribution is -0.274. The van der Waals surface area contributed by atoms with E-state index < -0.39 is 18.4 Å². The third-order valence-corrected chi connectivity index (χ3v) is 4.45. The fourth-order valence-corrected chi connectivity index (χ4v) is 3.02. The highest BCUT2D eigenvalue weighted by Crippen LogP contribution is 2.30. The third kappa shape index (κ3) is 5.16. The van der Waals surface area contributed by atoms with Gasteiger partial charge < -0.3 is 15.2 Å². The number of ether oxygens (including phenoxy) is 2. The number of nitrogens with one attached hydrogen (secondary N) is 1. The minimum absolute atomic E-state index is 0.287. The second kappa shape index (κ2) is 8.60. The Hall–Kier alpha value is -4.05. The molecule has 0 spiro atoms. The summed E-state index contributed by atoms with van der Waals surface area (Å²) in [6, 6.07) is 13.8. The van der Waals surface area contributed by atoms with Crippen LogP contribution in [0.5, 0.6) is 11.5 Å². The van der Waals surface area contributed by atoms with E-state index in [-0.39, 0.29) is 11.6 Å². The molecular weight excluding hydrogens is 427 g/mol. The van der Waals surface area contributed by atoms with Gasteiger partial charge in [0.15, 0.2) is 0 Å². The Morgan fingerprint density at radius 3 is 2.53 bits per heavy atom. The van der Waals surface area contributed by atoms with Crippen molar-refractivity contribution < 1.29 is 32.3 Å². The number of hydrogen-bond acceptors (Lipinski definition) is 6. The fraction of sp³-hybridized carbons (Fsp3) is 0.0909. The Bertz CT molecular complexity index is 1160. The molecule has 1 aliphatic rings. The van der Waals surface area contributed by atoms with Gasteiger partial charge >= 0.3 is 6.36 Å². The summed E-state index contributed by atoms with van der Waals surface area (Å²) in [7, 11) is 0. The van der Waals surface area contributed by atoms with E-state index in [1.807, 2.05) is 6.07 Å². The van der Waals surface area contributed by atoms with E-state index in [2.05, 4.69) is 15.2 Å². The van der Waals surface area contributed by atoms with Gasteiger partial charge in [0.05, 0.1) is 6.20 Å². The second-order valence-electron chi connectivity index (χ2n) is 6.74. The van der Waals surface area contributed by atoms with Crippen LogP contribution in [0.1, 0.15) is 22.0 Å². The molecule has 3 N–H and O–H groups in total. The van der Waals surface area contributed by atoms with Crippen molar-refractivity contribution in [2.75, 3.05) is 0 Å². The molecule has 0 fully saturated rings. The van der Waals surface area contributed by atoms with Crippen molar-refractivity contribution in [3.8, 4) is 22.6 Å². The molecule has 7 nitrogen and oxygen atoms in total. The van der Waals surface area contributed by atoms with Crippen molar-refractivity contribution >= 4 is 5.91 Å². The number of halogens is 3. The molecule has 4 rings (SSSR count). The second-order valence-corrected chi connectivity index (χ2v) is 6.74. The van der Waals surface area contributed by atoms with Gasteiger partial charge in [-0.25, -0.2) is 5.48 Å². The number of aromatic nitrogens is 1. The number of carbonyl (C=O) groups is 1. The predicted molar refractivity (Wildman–Crippen MR) is 107 cm³/mol. The van der Waals surface area contributed by atoms with Gasteiger partial charge in [-0.2, -0.15) is 0 Å². The van der Waals surface area contributed by atoms with E-state index in [0.717, 1.165) is 5.56 Å². The summed E-state index contributed by atoms with van der Waals surface area (Å²) >= 11 is 0. The van der Waals surface area contributed by atoms with Crippen molar-refractivity contribution in [3.63, 3.8) is 0 Å². The average molecular weight is 443 g/mol. The number of rotatable bonds is 6. The number of nitrogens with zero attached hydrogens (tertiary/aromatic N) is 1. The first-order valence-corrected chi connectivity index (χ1v) is 9.29. The molecule has 1 amide bonds. The number of hydrogen-bond donors (Lipinski definition) is 2. The molecule has 32 heavy (non-hydrogen) atoms. The molecule has 0 radical (unpaired) electrons. The Morgan fingerprint density at radius 1 is 1.03 bits per heavy atom. The molecule has 1 aromatic heterocycles. The van der Waals surface area contributed by atoms with E-state index in [1.54, 1.807) is 36.5 Å². The summed E-state index contributed by atoms with van der Waals surface area (Å²) in [5, 5.41) is 0. The molecular formula is C22H16F3N3O4. The number of benzene rings is 2. The van der Waals surface area contributed by atoms with Gasteiger partial charge in [0.2, 0.25) is 11.8 Å². The highest BCUT2D eigenvalue weighted by molar-refractivity contribution is 5.94. The minimum Gasteiger partial charge on any atom is -0.438 e. The van der Waals surface area contributed by atoms with E-state index >= 15 is 0 Å². The van der Waals surface area contributed by atoms with Crippen molar-refractivity contribution in [1.82, 2.24) is 10.5 Å². The lowest BCUT2D eigenvalue weighted by atomic mass is 10.0. The highest BCUT2D eigenvalue weighted by Gasteiger charge is 2.31. The molecule has 10 heteroatoms. The van der Waals surface area contributed by atoms with Crippen LogP contribution >= 0.6 is 0 Å². The van der Waals surface area contributed by atoms with Gasteiger partial charge in [-0.3, -0.25) is 14.6 Å². The smallest absolute Gasteiger partial charge is 0.438 e. The molecule has 3 aromatic rings. The summed E-state index contributed by atoms with van der Waals surface area (Å²) < 4.78 is 46.5. The molecule has 0 saturated carbocycles. The molecule has 0 saturated heterocycles. The Labute approximate surface area is 180 Å². The highest BCUT2D eigenvalue weighted by atomic mass is 19.4. The van der Waals surface area contributed by atoms with Crippen LogP contribution in [-0.2, 0) is 4.84 Å². The monoisotopic (exact) mass is 443 g/mol. The predicted octanol–water partition coefficient (Wildman–Crippen LogP) is 4.24. The van der Waals surface area contributed by atoms with Crippen molar-refractivity contribution in [3.05, 3.63) is 90.1 Å². The SMILES string of the molecule is NC(=O)c1cccc(-c2cncc(OC3=C[C@H](c4ccc(OC(F)(F)F)cc4)ON3)c2)c1. The van der Waals surface area contributed by atoms with Gasteiger partial charge in [-0.05, 0) is 41.5 Å². The summed E-state index contributed by atoms with van der Waals surface area (Å²) in [5.41, 5.74) is 10.4. The first-order valence-electron chi connectivity index (χ1n) is 9.29. The van der Waals surface area contributed by atoms with Crippen LogP contribution < -0.4 is 20.7 Å². The summed E-state index contributed by atoms with van der Waals surface area (Å²) in [6.07, 6.45) is -0.584. The van der Waals surface area contributed by atoms with E-state index in [4.69, 9.17) is 15.3 Å². The summed E-state index contributed by atoms with van der Waals surface area (Å²) in [4.78, 5) is 21.0. The maximum atomic E-state index is 12.3. The van der Waals surface area contributed by atoms with Crippen LogP contribution in [0.2, 0.25) is 0 Å². The molecule has 1 atom stereocenters. The van der Waals surface area contributed by atoms with Crippen molar-refractivity contribution in [2.45, 2.75) is 12.5 Å². The van der Waals surface area contributed by atoms with E-state index in [0.29, 0.717) is 22.4 Å². The van der Waals surface area contributed by atoms with Crippen LogP contribution in [0.4, 0.5) is 13.2 Å². The van der Waals surface area contributed by atoms with Crippen LogP contribution in [0, 0.1) is 0 Å². The average Bonchev–Trinajstić information content (AvgIpc) is 3.22. The molecule has 0 aliphatic carbocycles. The maximum Gasteiger partial charge on any atom is 0.573 e. The summed E-state index contributed by atoms with van der Waals surface area (Å²) in [6.45, 7) is 0. The zero-order valence-corrected chi connectivity index (χ0v) is 16.3. The van der Waals surface area contributed by atoms with Crippen LogP contribution in [0.15, 0.2) is 79.0 Å². The summed E-state index contributed by atoms with van der Waals surface area (Å²) in [5.74, 6) is -0.163. The fourth-order valence-electron chi connectivity index (χ4n) is 3.02. The zero-order valence-electron chi connectivity index (χ0n) is 16.3. The number of amides is 1. The van der Waals surface area contributed by atoms with Crippen molar-refractivity contribution in [1.29, 1.82) is 0 Å². The number of primary amides is 1. The van der Waals surface area contributed by atoms with Crippen LogP contribution in [0.25, 0.3) is 11.1 Å². The van der Waals surface area contributed by atoms with E-state index in [1.165, 1.54) is 30.5 Å². The van der Waals surface area contributed by atoms with Gasteiger partial charge in [0.1, 0.15) is 17.6 Å². The molecule has 0 unspecified atom stereocenters. The van der Waals surface area contributed by atoms with Gasteiger partial charge in [0.25, 0.3) is 0 Å². The molecule has 1 aliphatic heterocycles. The quantitative estimate of drug-likeness (QED) is 0.592. The number of carbonyl (C=O) groups excluding carboxylic acids is 1. The lowest BCUT2D eigenvalue weighted by Crippen LogP contribution is -2.17. The Morgan fingerprint density at radius 2 is 1.81 bits per heavy atom. The Balaban J connectivity index is 1.46. The van der Waals surface area contributed by atoms with Gasteiger partial charge in [0, 0.05) is 23.4 Å². The van der Waals surface area contributed by atoms with Crippen molar-refractivity contribution in [2.24, 2.45) is 5.73 Å². The number of hydroxylamine groups is 1. The molecule has 164 valence electrons. The largest absolute Gasteiger partial charge is 0.573 e. The zero-order chi connectivity index (χ0) is 22.7. The molecule has 2 heterocycles. The normalized spacial score (nSPS) is 15.6. The first kappa shape index (κ1) is 21.2. The van der Waals surface area contributed by atoms with E-state index in [9.17, 15) is 18.0 Å². The topological polar surface area (TPSA) is 95.7 Å². The standard InChI is InChI=1S/C22H16F3N3O4/c23-22(24,25)31-17-6-4-13(5-7-17)19-10-20(28-32-19)30-18-9-16(11-27-12-18)14-2-1-3-15(8-14)21(26)29/h1-12,19,28H,(H2,26,29)/t19-/m1/s1. The Kier molecular flexibility index (Phi) is 5.69. The third-order valence-electron chi connectivity index (χ3n) is 4.45. The van der Waals surface area contributed by atoms with Crippen LogP contribution in [0.3, 0.4) is 0 Å². The minimum atomic E-state index is -4.75. The molecule has 0 bridgehead atoms. The lowest BCUT2D eigenvalue weighted by Gasteiger charge is -2.11. The van der Waals surface area contributed by atoms with Crippen LogP contribution in [-0.4, -0.2) is 17.3 Å².